The molecule has 1 aromatic heterocycles. The summed E-state index contributed by atoms with van der Waals surface area (Å²) < 4.78 is 0. The largest absolute Gasteiger partial charge is 0.279 e. The van der Waals surface area contributed by atoms with Crippen LogP contribution >= 0.6 is 0 Å². The second kappa shape index (κ2) is 15.3. The molecule has 0 saturated heterocycles. The predicted octanol–water partition coefficient (Wildman–Crippen LogP) is 11.7. The third-order valence-corrected chi connectivity index (χ3v) is 10.5. The summed E-state index contributed by atoms with van der Waals surface area (Å²) in [5.41, 5.74) is 7.53. The predicted molar refractivity (Wildman–Crippen MR) is 188 cm³/mol. The van der Waals surface area contributed by atoms with Crippen molar-refractivity contribution in [2.45, 2.75) is 130 Å². The Labute approximate surface area is 267 Å². The number of aliphatic imine (C=N–C) groups is 2. The molecule has 3 nitrogen and oxygen atoms in total. The molecule has 0 fully saturated rings. The molecule has 2 aliphatic rings. The number of benzene rings is 2. The number of rotatable bonds is 16. The van der Waals surface area contributed by atoms with E-state index in [-0.39, 0.29) is 22.9 Å². The normalized spacial score (nSPS) is 20.5. The molecule has 0 aliphatic carbocycles. The van der Waals surface area contributed by atoms with Crippen LogP contribution in [0.2, 0.25) is 0 Å². The topological polar surface area (TPSA) is 37.6 Å². The van der Waals surface area contributed by atoms with E-state index in [2.05, 4.69) is 107 Å². The molecule has 0 amide bonds. The Balaban J connectivity index is 1.51. The van der Waals surface area contributed by atoms with E-state index in [0.717, 1.165) is 24.2 Å². The number of nitrogens with zero attached hydrogens (tertiary/aromatic N) is 3. The molecule has 2 aliphatic heterocycles. The summed E-state index contributed by atoms with van der Waals surface area (Å²) in [4.78, 5) is 16.5. The highest BCUT2D eigenvalue weighted by Crippen LogP contribution is 2.54. The fourth-order valence-corrected chi connectivity index (χ4v) is 8.00. The second-order valence-electron chi connectivity index (χ2n) is 13.7. The van der Waals surface area contributed by atoms with Crippen molar-refractivity contribution in [3.05, 3.63) is 101 Å². The summed E-state index contributed by atoms with van der Waals surface area (Å²) >= 11 is 0. The average Bonchev–Trinajstić information content (AvgIpc) is 3.65. The first-order valence-corrected chi connectivity index (χ1v) is 17.8. The highest BCUT2D eigenvalue weighted by atomic mass is 14.9. The van der Waals surface area contributed by atoms with Crippen LogP contribution in [-0.2, 0) is 0 Å². The zero-order chi connectivity index (χ0) is 30.8. The van der Waals surface area contributed by atoms with Crippen molar-refractivity contribution in [2.75, 3.05) is 0 Å². The van der Waals surface area contributed by atoms with Crippen LogP contribution in [-0.4, -0.2) is 16.4 Å². The lowest BCUT2D eigenvalue weighted by atomic mass is 9.69. The molecule has 0 spiro atoms. The van der Waals surface area contributed by atoms with Crippen LogP contribution < -0.4 is 0 Å². The van der Waals surface area contributed by atoms with Gasteiger partial charge in [0, 0.05) is 10.8 Å². The maximum atomic E-state index is 5.54. The van der Waals surface area contributed by atoms with E-state index in [1.54, 1.807) is 0 Å². The maximum Gasteiger partial charge on any atom is 0.0848 e. The molecule has 3 aromatic rings. The first-order chi connectivity index (χ1) is 21.6. The number of hydrogen-bond acceptors (Lipinski definition) is 3. The molecule has 0 radical (unpaired) electrons. The van der Waals surface area contributed by atoms with Gasteiger partial charge in [0.2, 0.25) is 0 Å². The van der Waals surface area contributed by atoms with E-state index in [9.17, 15) is 0 Å². The lowest BCUT2D eigenvalue weighted by Crippen LogP contribution is -2.26. The summed E-state index contributed by atoms with van der Waals surface area (Å²) in [6.07, 6.45) is 16.8. The van der Waals surface area contributed by atoms with Crippen molar-refractivity contribution in [1.82, 2.24) is 4.98 Å². The van der Waals surface area contributed by atoms with Gasteiger partial charge in [-0.15, -0.1) is 0 Å². The van der Waals surface area contributed by atoms with Gasteiger partial charge in [-0.05, 0) is 61.8 Å². The van der Waals surface area contributed by atoms with Crippen molar-refractivity contribution in [3.63, 3.8) is 0 Å². The second-order valence-corrected chi connectivity index (χ2v) is 13.7. The van der Waals surface area contributed by atoms with Crippen LogP contribution in [0, 0.1) is 10.8 Å². The van der Waals surface area contributed by atoms with Crippen LogP contribution in [0.15, 0.2) is 88.8 Å². The van der Waals surface area contributed by atoms with Crippen molar-refractivity contribution in [3.8, 4) is 0 Å². The Kier molecular flexibility index (Phi) is 11.2. The molecule has 44 heavy (non-hydrogen) atoms. The zero-order valence-electron chi connectivity index (χ0n) is 27.9. The Morgan fingerprint density at radius 3 is 1.20 bits per heavy atom. The van der Waals surface area contributed by atoms with E-state index in [1.165, 1.54) is 99.6 Å². The Morgan fingerprint density at radius 2 is 0.864 bits per heavy atom. The number of pyridine rings is 1. The van der Waals surface area contributed by atoms with E-state index >= 15 is 0 Å². The summed E-state index contributed by atoms with van der Waals surface area (Å²) in [6, 6.07) is 29.1. The summed E-state index contributed by atoms with van der Waals surface area (Å²) in [5, 5.41) is 0. The summed E-state index contributed by atoms with van der Waals surface area (Å²) in [5.74, 6) is 0. The third kappa shape index (κ3) is 7.08. The molecule has 3 heteroatoms. The number of unbranched alkanes of at least 4 members (excludes halogenated alkanes) is 4. The van der Waals surface area contributed by atoms with Gasteiger partial charge in [0.25, 0.3) is 0 Å². The minimum atomic E-state index is 0.166. The quantitative estimate of drug-likeness (QED) is 0.164. The molecule has 3 heterocycles. The van der Waals surface area contributed by atoms with Gasteiger partial charge >= 0.3 is 0 Å². The SMILES string of the molecule is CCCCC1(CCCC)CC(c2cccc(C3=N[C@H](c4ccccc4)C(CCCC)(CCCC)C3)n2)=N[C@@H]1c1ccccc1. The van der Waals surface area contributed by atoms with E-state index < -0.39 is 0 Å². The molecular weight excluding hydrogens is 534 g/mol. The molecule has 0 N–H and O–H groups in total. The fraction of sp³-hybridized carbons (Fsp3) is 0.537. The number of aromatic nitrogens is 1. The third-order valence-electron chi connectivity index (χ3n) is 10.5. The first kappa shape index (κ1) is 32.3. The maximum absolute atomic E-state index is 5.54. The number of hydrogen-bond donors (Lipinski definition) is 0. The Bertz CT molecular complexity index is 1250. The van der Waals surface area contributed by atoms with Crippen molar-refractivity contribution < 1.29 is 0 Å². The minimum Gasteiger partial charge on any atom is -0.279 e. The van der Waals surface area contributed by atoms with E-state index in [1.807, 2.05) is 0 Å². The fourth-order valence-electron chi connectivity index (χ4n) is 8.00. The van der Waals surface area contributed by atoms with Gasteiger partial charge in [-0.1, -0.05) is 146 Å². The smallest absolute Gasteiger partial charge is 0.0848 e. The summed E-state index contributed by atoms with van der Waals surface area (Å²) in [6.45, 7) is 9.27. The lowest BCUT2D eigenvalue weighted by Gasteiger charge is -2.35. The van der Waals surface area contributed by atoms with Crippen LogP contribution in [0.3, 0.4) is 0 Å². The molecule has 2 atom stereocenters. The van der Waals surface area contributed by atoms with E-state index in [0.29, 0.717) is 0 Å². The van der Waals surface area contributed by atoms with Crippen LogP contribution in [0.1, 0.15) is 152 Å². The molecule has 5 rings (SSSR count). The van der Waals surface area contributed by atoms with Gasteiger partial charge in [-0.25, -0.2) is 4.98 Å². The molecule has 0 bridgehead atoms. The van der Waals surface area contributed by atoms with E-state index in [4.69, 9.17) is 15.0 Å². The first-order valence-electron chi connectivity index (χ1n) is 17.8. The molecular formula is C41H55N3. The Hall–Kier alpha value is -3.07. The standard InChI is InChI=1S/C41H55N3/c1-5-9-26-40(27-10-6-2)30-36(43-38(40)32-20-15-13-16-21-32)34-24-19-25-35(42-34)37-31-41(28-11-7-3,29-12-8-4)39(44-37)33-22-17-14-18-23-33/h13-25,38-39H,5-12,26-31H2,1-4H3/t38-,39-/m1/s1. The van der Waals surface area contributed by atoms with Crippen molar-refractivity contribution in [1.29, 1.82) is 0 Å². The van der Waals surface area contributed by atoms with Crippen LogP contribution in [0.4, 0.5) is 0 Å². The van der Waals surface area contributed by atoms with Crippen LogP contribution in [0.5, 0.6) is 0 Å². The highest BCUT2D eigenvalue weighted by Gasteiger charge is 2.46. The zero-order valence-corrected chi connectivity index (χ0v) is 27.9. The van der Waals surface area contributed by atoms with Gasteiger partial charge in [0.15, 0.2) is 0 Å². The van der Waals surface area contributed by atoms with Crippen LogP contribution in [0.25, 0.3) is 0 Å². The Morgan fingerprint density at radius 1 is 0.500 bits per heavy atom. The summed E-state index contributed by atoms with van der Waals surface area (Å²) in [7, 11) is 0. The van der Waals surface area contributed by atoms with Crippen molar-refractivity contribution in [2.24, 2.45) is 20.8 Å². The van der Waals surface area contributed by atoms with Gasteiger partial charge in [0.05, 0.1) is 34.9 Å². The van der Waals surface area contributed by atoms with Crippen molar-refractivity contribution >= 4 is 11.4 Å². The molecule has 0 unspecified atom stereocenters. The molecule has 234 valence electrons. The lowest BCUT2D eigenvalue weighted by molar-refractivity contribution is 0.202. The average molecular weight is 590 g/mol. The highest BCUT2D eigenvalue weighted by molar-refractivity contribution is 6.04. The molecule has 2 aromatic carbocycles. The van der Waals surface area contributed by atoms with Gasteiger partial charge < -0.3 is 0 Å². The van der Waals surface area contributed by atoms with Gasteiger partial charge in [-0.2, -0.15) is 0 Å². The minimum absolute atomic E-state index is 0.166. The monoisotopic (exact) mass is 589 g/mol. The van der Waals surface area contributed by atoms with Gasteiger partial charge in [0.1, 0.15) is 0 Å². The van der Waals surface area contributed by atoms with Gasteiger partial charge in [-0.3, -0.25) is 9.98 Å². The molecule has 0 saturated carbocycles.